The highest BCUT2D eigenvalue weighted by Crippen LogP contribution is 2.28. The van der Waals surface area contributed by atoms with Gasteiger partial charge in [-0.15, -0.1) is 0 Å². The van der Waals surface area contributed by atoms with Crippen LogP contribution in [0, 0.1) is 0 Å². The average Bonchev–Trinajstić information content (AvgIpc) is 2.76. The van der Waals surface area contributed by atoms with Crippen LogP contribution in [-0.4, -0.2) is 10.1 Å². The molecule has 17 heavy (non-hydrogen) atoms. The summed E-state index contributed by atoms with van der Waals surface area (Å²) in [6, 6.07) is 9.16. The minimum atomic E-state index is -4.61. The summed E-state index contributed by atoms with van der Waals surface area (Å²) in [5.41, 5.74) is 0.908. The number of nitrogens with zero attached hydrogens (tertiary/aromatic N) is 2. The third-order valence-corrected chi connectivity index (χ3v) is 1.96. The Bertz CT molecular complexity index is 481. The largest absolute Gasteiger partial charge is 0.471 e. The van der Waals surface area contributed by atoms with Crippen LogP contribution in [0.2, 0.25) is 0 Å². The van der Waals surface area contributed by atoms with Crippen molar-refractivity contribution in [3.63, 3.8) is 0 Å². The molecule has 0 fully saturated rings. The lowest BCUT2D eigenvalue weighted by atomic mass is 10.2. The molecule has 2 rings (SSSR count). The maximum atomic E-state index is 12.1. The van der Waals surface area contributed by atoms with Gasteiger partial charge in [0.2, 0.25) is 0 Å². The van der Waals surface area contributed by atoms with E-state index in [1.54, 1.807) is 0 Å². The van der Waals surface area contributed by atoms with Crippen molar-refractivity contribution in [1.82, 2.24) is 10.1 Å². The first-order valence-electron chi connectivity index (χ1n) is 4.74. The summed E-state index contributed by atoms with van der Waals surface area (Å²) in [5.74, 6) is -1.53. The molecule has 0 bridgehead atoms. The number of anilines is 1. The summed E-state index contributed by atoms with van der Waals surface area (Å²) >= 11 is 0. The lowest BCUT2D eigenvalue weighted by Crippen LogP contribution is -2.06. The van der Waals surface area contributed by atoms with E-state index in [4.69, 9.17) is 0 Å². The fourth-order valence-corrected chi connectivity index (χ4v) is 1.19. The Morgan fingerprint density at radius 1 is 1.18 bits per heavy atom. The zero-order valence-corrected chi connectivity index (χ0v) is 8.53. The Morgan fingerprint density at radius 3 is 2.47 bits per heavy atom. The Kier molecular flexibility index (Phi) is 2.99. The van der Waals surface area contributed by atoms with E-state index in [0.29, 0.717) is 6.54 Å². The molecule has 0 saturated heterocycles. The van der Waals surface area contributed by atoms with Gasteiger partial charge in [-0.05, 0) is 10.7 Å². The Balaban J connectivity index is 1.99. The Morgan fingerprint density at radius 2 is 1.88 bits per heavy atom. The summed E-state index contributed by atoms with van der Waals surface area (Å²) in [6.45, 7) is 0.331. The number of hydrogen-bond donors (Lipinski definition) is 1. The van der Waals surface area contributed by atoms with Gasteiger partial charge in [0.1, 0.15) is 0 Å². The molecule has 0 radical (unpaired) electrons. The van der Waals surface area contributed by atoms with Gasteiger partial charge in [-0.2, -0.15) is 18.2 Å². The summed E-state index contributed by atoms with van der Waals surface area (Å²) in [7, 11) is 0. The first kappa shape index (κ1) is 11.4. The van der Waals surface area contributed by atoms with Crippen molar-refractivity contribution in [2.24, 2.45) is 0 Å². The van der Waals surface area contributed by atoms with Gasteiger partial charge >= 0.3 is 12.1 Å². The monoisotopic (exact) mass is 243 g/mol. The molecule has 0 amide bonds. The number of nitrogens with one attached hydrogen (secondary N) is 1. The van der Waals surface area contributed by atoms with Gasteiger partial charge in [-0.1, -0.05) is 30.3 Å². The highest BCUT2D eigenvalue weighted by atomic mass is 19.4. The quantitative estimate of drug-likeness (QED) is 0.900. The minimum absolute atomic E-state index is 0.179. The maximum absolute atomic E-state index is 12.1. The molecule has 1 N–H and O–H groups in total. The van der Waals surface area contributed by atoms with Crippen molar-refractivity contribution in [1.29, 1.82) is 0 Å². The second-order valence-electron chi connectivity index (χ2n) is 3.26. The predicted octanol–water partition coefficient (Wildman–Crippen LogP) is 2.70. The second kappa shape index (κ2) is 4.44. The highest BCUT2D eigenvalue weighted by Gasteiger charge is 2.38. The van der Waals surface area contributed by atoms with Crippen LogP contribution in [0.4, 0.5) is 19.1 Å². The van der Waals surface area contributed by atoms with Crippen molar-refractivity contribution >= 4 is 5.95 Å². The van der Waals surface area contributed by atoms with Gasteiger partial charge in [0.15, 0.2) is 0 Å². The van der Waals surface area contributed by atoms with Crippen molar-refractivity contribution < 1.29 is 17.7 Å². The summed E-state index contributed by atoms with van der Waals surface area (Å²) in [6.07, 6.45) is -4.61. The molecule has 0 saturated carbocycles. The van der Waals surface area contributed by atoms with Crippen LogP contribution >= 0.6 is 0 Å². The fraction of sp³-hybridized carbons (Fsp3) is 0.200. The van der Waals surface area contributed by atoms with E-state index in [1.165, 1.54) is 0 Å². The van der Waals surface area contributed by atoms with E-state index in [0.717, 1.165) is 5.56 Å². The normalized spacial score (nSPS) is 11.5. The molecular formula is C10H8F3N3O. The minimum Gasteiger partial charge on any atom is -0.348 e. The van der Waals surface area contributed by atoms with E-state index < -0.39 is 12.1 Å². The number of halogens is 3. The van der Waals surface area contributed by atoms with Crippen LogP contribution in [0.5, 0.6) is 0 Å². The lowest BCUT2D eigenvalue weighted by molar-refractivity contribution is -0.159. The van der Waals surface area contributed by atoms with Crippen LogP contribution in [0.3, 0.4) is 0 Å². The van der Waals surface area contributed by atoms with E-state index >= 15 is 0 Å². The molecule has 1 heterocycles. The van der Waals surface area contributed by atoms with Gasteiger partial charge in [-0.3, -0.25) is 0 Å². The van der Waals surface area contributed by atoms with E-state index in [2.05, 4.69) is 20.0 Å². The van der Waals surface area contributed by atoms with Crippen molar-refractivity contribution in [2.45, 2.75) is 12.7 Å². The topological polar surface area (TPSA) is 51.0 Å². The van der Waals surface area contributed by atoms with Gasteiger partial charge < -0.3 is 9.84 Å². The zero-order chi connectivity index (χ0) is 12.3. The first-order valence-corrected chi connectivity index (χ1v) is 4.74. The van der Waals surface area contributed by atoms with E-state index in [-0.39, 0.29) is 5.95 Å². The van der Waals surface area contributed by atoms with Crippen molar-refractivity contribution in [3.8, 4) is 0 Å². The van der Waals surface area contributed by atoms with Gasteiger partial charge in [0.25, 0.3) is 5.95 Å². The average molecular weight is 243 g/mol. The van der Waals surface area contributed by atoms with E-state index in [9.17, 15) is 13.2 Å². The summed E-state index contributed by atoms with van der Waals surface area (Å²) in [5, 5.41) is 5.82. The number of rotatable bonds is 3. The smallest absolute Gasteiger partial charge is 0.348 e. The third-order valence-electron chi connectivity index (χ3n) is 1.96. The molecule has 0 aliphatic carbocycles. The van der Waals surface area contributed by atoms with Crippen LogP contribution in [0.15, 0.2) is 34.9 Å². The van der Waals surface area contributed by atoms with Crippen LogP contribution in [-0.2, 0) is 12.7 Å². The molecule has 0 atom stereocenters. The van der Waals surface area contributed by atoms with Gasteiger partial charge in [-0.25, -0.2) is 0 Å². The lowest BCUT2D eigenvalue weighted by Gasteiger charge is -2.00. The number of benzene rings is 1. The molecule has 90 valence electrons. The molecular weight excluding hydrogens is 235 g/mol. The fourth-order valence-electron chi connectivity index (χ4n) is 1.19. The molecule has 0 unspecified atom stereocenters. The van der Waals surface area contributed by atoms with Crippen LogP contribution < -0.4 is 5.32 Å². The molecule has 0 spiro atoms. The number of alkyl halides is 3. The SMILES string of the molecule is FC(F)(F)c1nc(NCc2ccccc2)no1. The maximum Gasteiger partial charge on any atom is 0.471 e. The van der Waals surface area contributed by atoms with Crippen LogP contribution in [0.1, 0.15) is 11.5 Å². The Labute approximate surface area is 94.4 Å². The molecule has 7 heteroatoms. The molecule has 1 aromatic heterocycles. The summed E-state index contributed by atoms with van der Waals surface area (Å²) in [4.78, 5) is 3.18. The standard InChI is InChI=1S/C10H8F3N3O/c11-10(12,13)8-15-9(16-17-8)14-6-7-4-2-1-3-5-7/h1-5H,6H2,(H,14,16). The summed E-state index contributed by atoms with van der Waals surface area (Å²) < 4.78 is 40.5. The van der Waals surface area contributed by atoms with Gasteiger partial charge in [0.05, 0.1) is 0 Å². The molecule has 0 aliphatic heterocycles. The molecule has 1 aromatic carbocycles. The number of aromatic nitrogens is 2. The molecule has 0 aliphatic rings. The third kappa shape index (κ3) is 2.96. The molecule has 4 nitrogen and oxygen atoms in total. The second-order valence-corrected chi connectivity index (χ2v) is 3.26. The highest BCUT2D eigenvalue weighted by molar-refractivity contribution is 5.26. The molecule has 2 aromatic rings. The van der Waals surface area contributed by atoms with Crippen LogP contribution in [0.25, 0.3) is 0 Å². The van der Waals surface area contributed by atoms with Crippen molar-refractivity contribution in [3.05, 3.63) is 41.8 Å². The first-order chi connectivity index (χ1) is 8.05. The Hall–Kier alpha value is -2.05. The van der Waals surface area contributed by atoms with E-state index in [1.807, 2.05) is 30.3 Å². The predicted molar refractivity (Wildman–Crippen MR) is 53.1 cm³/mol. The zero-order valence-electron chi connectivity index (χ0n) is 8.53. The van der Waals surface area contributed by atoms with Gasteiger partial charge in [0, 0.05) is 6.54 Å². The van der Waals surface area contributed by atoms with Crippen molar-refractivity contribution in [2.75, 3.05) is 5.32 Å². The number of hydrogen-bond acceptors (Lipinski definition) is 4.